The largest absolute Gasteiger partial charge is 0.307 e. The van der Waals surface area contributed by atoms with E-state index in [1.54, 1.807) is 0 Å². The molecular weight excluding hydrogens is 206 g/mol. The quantitative estimate of drug-likeness (QED) is 0.787. The van der Waals surface area contributed by atoms with Crippen LogP contribution in [0.3, 0.4) is 0 Å². The Balaban J connectivity index is 2.29. The molecule has 0 unspecified atom stereocenters. The molecule has 0 aliphatic rings. The molecular formula is C11H13N3S. The lowest BCUT2D eigenvalue weighted by Crippen LogP contribution is -1.99. The zero-order valence-corrected chi connectivity index (χ0v) is 9.64. The van der Waals surface area contributed by atoms with Gasteiger partial charge in [-0.25, -0.2) is 0 Å². The molecule has 0 bridgehead atoms. The molecule has 78 valence electrons. The van der Waals surface area contributed by atoms with E-state index in [1.165, 1.54) is 11.1 Å². The van der Waals surface area contributed by atoms with Gasteiger partial charge < -0.3 is 4.57 Å². The monoisotopic (exact) mass is 219 g/mol. The molecule has 2 aromatic rings. The fourth-order valence-corrected chi connectivity index (χ4v) is 1.69. The maximum atomic E-state index is 5.06. The van der Waals surface area contributed by atoms with Crippen molar-refractivity contribution in [3.8, 4) is 0 Å². The molecule has 3 nitrogen and oxygen atoms in total. The van der Waals surface area contributed by atoms with Crippen molar-refractivity contribution < 1.29 is 0 Å². The van der Waals surface area contributed by atoms with Crippen LogP contribution in [0.5, 0.6) is 0 Å². The summed E-state index contributed by atoms with van der Waals surface area (Å²) >= 11 is 5.06. The standard InChI is InChI=1S/C11H13N3S/c1-8-4-3-5-9(6-8)7-10-12-13-11(15)14(10)2/h3-6H,7H2,1-2H3,(H,13,15). The van der Waals surface area contributed by atoms with Gasteiger partial charge >= 0.3 is 0 Å². The lowest BCUT2D eigenvalue weighted by Gasteiger charge is -2.01. The molecule has 1 N–H and O–H groups in total. The highest BCUT2D eigenvalue weighted by Gasteiger charge is 2.03. The van der Waals surface area contributed by atoms with Crippen molar-refractivity contribution in [2.24, 2.45) is 7.05 Å². The Morgan fingerprint density at radius 3 is 2.87 bits per heavy atom. The van der Waals surface area contributed by atoms with Gasteiger partial charge in [-0.3, -0.25) is 5.10 Å². The van der Waals surface area contributed by atoms with E-state index >= 15 is 0 Å². The number of nitrogens with one attached hydrogen (secondary N) is 1. The second kappa shape index (κ2) is 3.98. The topological polar surface area (TPSA) is 33.6 Å². The minimum Gasteiger partial charge on any atom is -0.307 e. The number of rotatable bonds is 2. The molecule has 4 heteroatoms. The Morgan fingerprint density at radius 2 is 2.27 bits per heavy atom. The second-order valence-corrected chi connectivity index (χ2v) is 4.06. The Morgan fingerprint density at radius 1 is 1.47 bits per heavy atom. The Labute approximate surface area is 93.8 Å². The molecule has 1 aromatic heterocycles. The van der Waals surface area contributed by atoms with Gasteiger partial charge in [-0.05, 0) is 24.7 Å². The van der Waals surface area contributed by atoms with Crippen molar-refractivity contribution in [3.05, 3.63) is 46.0 Å². The molecule has 0 radical (unpaired) electrons. The van der Waals surface area contributed by atoms with Crippen molar-refractivity contribution in [2.75, 3.05) is 0 Å². The zero-order valence-electron chi connectivity index (χ0n) is 8.82. The maximum Gasteiger partial charge on any atom is 0.194 e. The van der Waals surface area contributed by atoms with E-state index in [1.807, 2.05) is 11.6 Å². The fourth-order valence-electron chi connectivity index (χ4n) is 1.54. The third-order valence-electron chi connectivity index (χ3n) is 2.42. The number of benzene rings is 1. The predicted molar refractivity (Wildman–Crippen MR) is 62.4 cm³/mol. The van der Waals surface area contributed by atoms with E-state index in [0.29, 0.717) is 4.77 Å². The van der Waals surface area contributed by atoms with Crippen molar-refractivity contribution in [1.82, 2.24) is 14.8 Å². The van der Waals surface area contributed by atoms with Gasteiger partial charge in [0.1, 0.15) is 5.82 Å². The molecule has 1 aromatic carbocycles. The molecule has 0 spiro atoms. The summed E-state index contributed by atoms with van der Waals surface area (Å²) in [7, 11) is 1.93. The van der Waals surface area contributed by atoms with Gasteiger partial charge in [-0.2, -0.15) is 5.10 Å². The molecule has 0 aliphatic carbocycles. The first-order chi connectivity index (χ1) is 7.16. The van der Waals surface area contributed by atoms with Crippen LogP contribution >= 0.6 is 12.2 Å². The lowest BCUT2D eigenvalue weighted by atomic mass is 10.1. The lowest BCUT2D eigenvalue weighted by molar-refractivity contribution is 0.813. The van der Waals surface area contributed by atoms with Gasteiger partial charge in [-0.1, -0.05) is 29.8 Å². The van der Waals surface area contributed by atoms with Crippen LogP contribution in [0.1, 0.15) is 17.0 Å². The summed E-state index contributed by atoms with van der Waals surface area (Å²) < 4.78 is 2.56. The molecule has 0 amide bonds. The summed E-state index contributed by atoms with van der Waals surface area (Å²) in [4.78, 5) is 0. The van der Waals surface area contributed by atoms with E-state index in [0.717, 1.165) is 12.2 Å². The average molecular weight is 219 g/mol. The number of nitrogens with zero attached hydrogens (tertiary/aromatic N) is 2. The summed E-state index contributed by atoms with van der Waals surface area (Å²) in [5, 5.41) is 6.97. The average Bonchev–Trinajstić information content (AvgIpc) is 2.50. The summed E-state index contributed by atoms with van der Waals surface area (Å²) in [6.45, 7) is 2.09. The van der Waals surface area contributed by atoms with Crippen molar-refractivity contribution >= 4 is 12.2 Å². The van der Waals surface area contributed by atoms with Crippen LogP contribution in [0.25, 0.3) is 0 Å². The smallest absolute Gasteiger partial charge is 0.194 e. The number of aromatic nitrogens is 3. The van der Waals surface area contributed by atoms with Gasteiger partial charge in [0.15, 0.2) is 4.77 Å². The van der Waals surface area contributed by atoms with Crippen LogP contribution in [0.2, 0.25) is 0 Å². The summed E-state index contributed by atoms with van der Waals surface area (Å²) in [5.74, 6) is 0.964. The van der Waals surface area contributed by atoms with Gasteiger partial charge in [0.2, 0.25) is 0 Å². The van der Waals surface area contributed by atoms with Crippen LogP contribution in [-0.4, -0.2) is 14.8 Å². The van der Waals surface area contributed by atoms with E-state index in [-0.39, 0.29) is 0 Å². The van der Waals surface area contributed by atoms with Crippen LogP contribution in [0.15, 0.2) is 24.3 Å². The fraction of sp³-hybridized carbons (Fsp3) is 0.273. The second-order valence-electron chi connectivity index (χ2n) is 3.67. The molecule has 0 fully saturated rings. The number of aromatic amines is 1. The summed E-state index contributed by atoms with van der Waals surface area (Å²) in [6.07, 6.45) is 0.811. The highest BCUT2D eigenvalue weighted by atomic mass is 32.1. The Kier molecular flexibility index (Phi) is 2.68. The Bertz CT molecular complexity index is 525. The van der Waals surface area contributed by atoms with Crippen molar-refractivity contribution in [1.29, 1.82) is 0 Å². The third kappa shape index (κ3) is 2.15. The third-order valence-corrected chi connectivity index (χ3v) is 2.78. The maximum absolute atomic E-state index is 5.06. The number of aryl methyl sites for hydroxylation is 1. The molecule has 1 heterocycles. The van der Waals surface area contributed by atoms with Crippen molar-refractivity contribution in [2.45, 2.75) is 13.3 Å². The number of hydrogen-bond acceptors (Lipinski definition) is 2. The highest BCUT2D eigenvalue weighted by Crippen LogP contribution is 2.08. The zero-order chi connectivity index (χ0) is 10.8. The summed E-state index contributed by atoms with van der Waals surface area (Å²) in [6, 6.07) is 8.42. The minimum atomic E-state index is 0.664. The molecule has 0 aliphatic heterocycles. The SMILES string of the molecule is Cc1cccc(Cc2n[nH]c(=S)n2C)c1. The highest BCUT2D eigenvalue weighted by molar-refractivity contribution is 7.71. The number of H-pyrrole nitrogens is 1. The first-order valence-electron chi connectivity index (χ1n) is 4.82. The van der Waals surface area contributed by atoms with E-state index in [4.69, 9.17) is 12.2 Å². The molecule has 2 rings (SSSR count). The summed E-state index contributed by atoms with van der Waals surface area (Å²) in [5.41, 5.74) is 2.52. The molecule has 0 saturated heterocycles. The molecule has 15 heavy (non-hydrogen) atoms. The van der Waals surface area contributed by atoms with Crippen LogP contribution < -0.4 is 0 Å². The van der Waals surface area contributed by atoms with Crippen LogP contribution in [0.4, 0.5) is 0 Å². The normalized spacial score (nSPS) is 10.5. The van der Waals surface area contributed by atoms with Gasteiger partial charge in [-0.15, -0.1) is 0 Å². The number of hydrogen-bond donors (Lipinski definition) is 1. The molecule has 0 saturated carbocycles. The van der Waals surface area contributed by atoms with Crippen LogP contribution in [0, 0.1) is 11.7 Å². The van der Waals surface area contributed by atoms with E-state index in [9.17, 15) is 0 Å². The van der Waals surface area contributed by atoms with Crippen LogP contribution in [-0.2, 0) is 13.5 Å². The van der Waals surface area contributed by atoms with Crippen molar-refractivity contribution in [3.63, 3.8) is 0 Å². The van der Waals surface area contributed by atoms with Gasteiger partial charge in [0.25, 0.3) is 0 Å². The minimum absolute atomic E-state index is 0.664. The first kappa shape index (κ1) is 10.1. The predicted octanol–water partition coefficient (Wildman–Crippen LogP) is 2.38. The Hall–Kier alpha value is -1.42. The van der Waals surface area contributed by atoms with E-state index in [2.05, 4.69) is 41.4 Å². The van der Waals surface area contributed by atoms with Gasteiger partial charge in [0.05, 0.1) is 0 Å². The molecule has 0 atom stereocenters. The van der Waals surface area contributed by atoms with Gasteiger partial charge in [0, 0.05) is 13.5 Å². The van der Waals surface area contributed by atoms with E-state index < -0.39 is 0 Å². The first-order valence-corrected chi connectivity index (χ1v) is 5.23.